The lowest BCUT2D eigenvalue weighted by molar-refractivity contribution is 0.193. The first kappa shape index (κ1) is 17.6. The number of halogens is 1. The van der Waals surface area contributed by atoms with Crippen LogP contribution in [0.1, 0.15) is 25.0 Å². The van der Waals surface area contributed by atoms with Crippen LogP contribution in [0.15, 0.2) is 28.9 Å². The van der Waals surface area contributed by atoms with Crippen LogP contribution in [-0.2, 0) is 6.42 Å². The van der Waals surface area contributed by atoms with Gasteiger partial charge < -0.3 is 15.2 Å². The number of likely N-dealkylation sites (N-methyl/N-ethyl adjacent to an activating group) is 1. The van der Waals surface area contributed by atoms with Crippen molar-refractivity contribution in [1.29, 1.82) is 0 Å². The number of aromatic amines is 1. The van der Waals surface area contributed by atoms with Gasteiger partial charge in [0.05, 0.1) is 10.6 Å². The number of hydrogen-bond acceptors (Lipinski definition) is 2. The third-order valence-electron chi connectivity index (χ3n) is 5.70. The molecule has 0 radical (unpaired) electrons. The molecule has 2 aromatic rings. The van der Waals surface area contributed by atoms with E-state index in [0.29, 0.717) is 6.04 Å². The molecule has 4 rings (SSSR count). The first-order chi connectivity index (χ1) is 12.5. The Hall–Kier alpha value is -1.79. The van der Waals surface area contributed by atoms with Crippen molar-refractivity contribution in [2.24, 2.45) is 0 Å². The average Bonchev–Trinajstić information content (AvgIpc) is 2.94. The van der Waals surface area contributed by atoms with Crippen LogP contribution < -0.4 is 5.32 Å². The van der Waals surface area contributed by atoms with Crippen LogP contribution in [0.25, 0.3) is 16.5 Å². The molecule has 0 saturated heterocycles. The van der Waals surface area contributed by atoms with Crippen molar-refractivity contribution in [3.63, 3.8) is 0 Å². The number of carbonyl (C=O) groups is 1. The van der Waals surface area contributed by atoms with Crippen LogP contribution in [0.2, 0.25) is 0 Å². The zero-order valence-corrected chi connectivity index (χ0v) is 17.1. The van der Waals surface area contributed by atoms with Gasteiger partial charge in [-0.15, -0.1) is 0 Å². The molecule has 1 aliphatic carbocycles. The molecule has 138 valence electrons. The summed E-state index contributed by atoms with van der Waals surface area (Å²) >= 11 is 3.69. The van der Waals surface area contributed by atoms with Crippen LogP contribution in [0.3, 0.4) is 0 Å². The van der Waals surface area contributed by atoms with Crippen molar-refractivity contribution in [3.05, 3.63) is 40.0 Å². The molecular weight excluding hydrogens is 392 g/mol. The summed E-state index contributed by atoms with van der Waals surface area (Å²) in [5.41, 5.74) is 5.13. The highest BCUT2D eigenvalue weighted by Crippen LogP contribution is 2.42. The van der Waals surface area contributed by atoms with Crippen molar-refractivity contribution in [1.82, 2.24) is 20.1 Å². The number of urea groups is 1. The molecule has 0 unspecified atom stereocenters. The van der Waals surface area contributed by atoms with E-state index in [4.69, 9.17) is 0 Å². The molecule has 1 aliphatic heterocycles. The van der Waals surface area contributed by atoms with Crippen molar-refractivity contribution in [2.45, 2.75) is 32.4 Å². The Morgan fingerprint density at radius 1 is 1.38 bits per heavy atom. The molecule has 2 N–H and O–H groups in total. The highest BCUT2D eigenvalue weighted by atomic mass is 79.9. The van der Waals surface area contributed by atoms with E-state index in [0.717, 1.165) is 30.7 Å². The van der Waals surface area contributed by atoms with Crippen molar-refractivity contribution < 1.29 is 4.79 Å². The van der Waals surface area contributed by atoms with Gasteiger partial charge in [-0.2, -0.15) is 0 Å². The molecule has 2 atom stereocenters. The number of aromatic nitrogens is 1. The van der Waals surface area contributed by atoms with Crippen molar-refractivity contribution >= 4 is 38.4 Å². The minimum atomic E-state index is 0.0165. The molecule has 1 aromatic carbocycles. The van der Waals surface area contributed by atoms with Gasteiger partial charge in [0.25, 0.3) is 0 Å². The predicted octanol–water partition coefficient (Wildman–Crippen LogP) is 3.60. The second-order valence-corrected chi connectivity index (χ2v) is 7.95. The molecule has 6 heteroatoms. The number of benzene rings is 1. The van der Waals surface area contributed by atoms with E-state index in [1.54, 1.807) is 0 Å². The summed E-state index contributed by atoms with van der Waals surface area (Å²) in [7, 11) is 2.15. The fourth-order valence-corrected chi connectivity index (χ4v) is 4.92. The minimum Gasteiger partial charge on any atom is -0.349 e. The standard InChI is InChI=1S/C20H25BrN4O/c1-4-25(5-2)20(26)22-12-9-14-13-7-6-8-16-18(13)15(19(21)23-16)10-17(14)24(3)11-12/h6-9,12,17,23H,4-5,10-11H2,1-3H3,(H,22,26)/t12-,17-/m1/s1. The zero-order chi connectivity index (χ0) is 18.4. The smallest absolute Gasteiger partial charge is 0.317 e. The maximum atomic E-state index is 12.5. The Balaban J connectivity index is 1.72. The van der Waals surface area contributed by atoms with E-state index < -0.39 is 0 Å². The highest BCUT2D eigenvalue weighted by Gasteiger charge is 2.35. The molecule has 26 heavy (non-hydrogen) atoms. The topological polar surface area (TPSA) is 51.4 Å². The number of nitrogens with zero attached hydrogens (tertiary/aromatic N) is 2. The lowest BCUT2D eigenvalue weighted by atomic mass is 9.81. The Bertz CT molecular complexity index is 883. The predicted molar refractivity (Wildman–Crippen MR) is 109 cm³/mol. The van der Waals surface area contributed by atoms with Crippen LogP contribution in [0.4, 0.5) is 4.79 Å². The normalized spacial score (nSPS) is 22.1. The number of hydrogen-bond donors (Lipinski definition) is 2. The highest BCUT2D eigenvalue weighted by molar-refractivity contribution is 9.10. The maximum absolute atomic E-state index is 12.5. The van der Waals surface area contributed by atoms with Gasteiger partial charge in [0.1, 0.15) is 0 Å². The van der Waals surface area contributed by atoms with Gasteiger partial charge in [-0.1, -0.05) is 18.2 Å². The second-order valence-electron chi connectivity index (χ2n) is 7.16. The molecule has 0 fully saturated rings. The molecule has 0 spiro atoms. The third kappa shape index (κ3) is 2.76. The summed E-state index contributed by atoms with van der Waals surface area (Å²) < 4.78 is 1.09. The van der Waals surface area contributed by atoms with Gasteiger partial charge in [0.15, 0.2) is 0 Å². The van der Waals surface area contributed by atoms with E-state index in [2.05, 4.69) is 62.5 Å². The quantitative estimate of drug-likeness (QED) is 0.802. The molecule has 5 nitrogen and oxygen atoms in total. The van der Waals surface area contributed by atoms with E-state index in [9.17, 15) is 4.79 Å². The summed E-state index contributed by atoms with van der Waals surface area (Å²) in [5, 5.41) is 4.51. The SMILES string of the molecule is CCN(CC)C(=O)N[C@@H]1C=C2c3cccc4[nH]c(Br)c(c34)C[C@H]2N(C)C1. The minimum absolute atomic E-state index is 0.0165. The fraction of sp³-hybridized carbons (Fsp3) is 0.450. The van der Waals surface area contributed by atoms with Crippen molar-refractivity contribution in [2.75, 3.05) is 26.7 Å². The van der Waals surface area contributed by atoms with E-state index in [-0.39, 0.29) is 12.1 Å². The van der Waals surface area contributed by atoms with Gasteiger partial charge in [0.2, 0.25) is 0 Å². The number of amides is 2. The molecule has 2 aliphatic rings. The number of H-pyrrole nitrogens is 1. The van der Waals surface area contributed by atoms with Gasteiger partial charge in [0, 0.05) is 36.6 Å². The molecular formula is C20H25BrN4O. The zero-order valence-electron chi connectivity index (χ0n) is 15.5. The van der Waals surface area contributed by atoms with Crippen molar-refractivity contribution in [3.8, 4) is 0 Å². The number of rotatable bonds is 3. The average molecular weight is 417 g/mol. The van der Waals surface area contributed by atoms with Gasteiger partial charge >= 0.3 is 6.03 Å². The van der Waals surface area contributed by atoms with Crippen LogP contribution in [-0.4, -0.2) is 59.6 Å². The van der Waals surface area contributed by atoms with Gasteiger partial charge in [-0.3, -0.25) is 4.90 Å². The van der Waals surface area contributed by atoms with Gasteiger partial charge in [-0.05, 0) is 66.0 Å². The Morgan fingerprint density at radius 3 is 2.88 bits per heavy atom. The van der Waals surface area contributed by atoms with Crippen LogP contribution in [0, 0.1) is 0 Å². The lowest BCUT2D eigenvalue weighted by Gasteiger charge is -2.40. The van der Waals surface area contributed by atoms with E-state index in [1.165, 1.54) is 27.6 Å². The third-order valence-corrected chi connectivity index (χ3v) is 6.38. The maximum Gasteiger partial charge on any atom is 0.317 e. The molecule has 2 amide bonds. The second kappa shape index (κ2) is 6.74. The number of nitrogens with one attached hydrogen (secondary N) is 2. The Morgan fingerprint density at radius 2 is 2.15 bits per heavy atom. The van der Waals surface area contributed by atoms with Crippen LogP contribution >= 0.6 is 15.9 Å². The molecule has 0 saturated carbocycles. The monoisotopic (exact) mass is 416 g/mol. The summed E-state index contributed by atoms with van der Waals surface area (Å²) in [6.45, 7) is 6.30. The Labute approximate surface area is 162 Å². The summed E-state index contributed by atoms with van der Waals surface area (Å²) in [6.07, 6.45) is 3.25. The fourth-order valence-electron chi connectivity index (χ4n) is 4.35. The number of carbonyl (C=O) groups excluding carboxylic acids is 1. The first-order valence-electron chi connectivity index (χ1n) is 9.30. The first-order valence-corrected chi connectivity index (χ1v) is 10.1. The largest absolute Gasteiger partial charge is 0.349 e. The Kier molecular flexibility index (Phi) is 4.57. The molecule has 0 bridgehead atoms. The summed E-state index contributed by atoms with van der Waals surface area (Å²) in [6, 6.07) is 6.82. The summed E-state index contributed by atoms with van der Waals surface area (Å²) in [4.78, 5) is 20.1. The summed E-state index contributed by atoms with van der Waals surface area (Å²) in [5.74, 6) is 0. The lowest BCUT2D eigenvalue weighted by Crippen LogP contribution is -2.52. The van der Waals surface area contributed by atoms with Gasteiger partial charge in [-0.25, -0.2) is 4.79 Å². The number of fused-ring (bicyclic) bond motifs is 2. The van der Waals surface area contributed by atoms with E-state index >= 15 is 0 Å². The molecule has 2 heterocycles. The molecule has 1 aromatic heterocycles. The van der Waals surface area contributed by atoms with E-state index in [1.807, 2.05) is 18.7 Å². The van der Waals surface area contributed by atoms with Crippen LogP contribution in [0.5, 0.6) is 0 Å².